The molecular formula is C13F23NO3. The second kappa shape index (κ2) is 14.3. The Labute approximate surface area is 201 Å². The van der Waals surface area contributed by atoms with Crippen LogP contribution in [0.25, 0.3) is 0 Å². The fourth-order valence-electron chi connectivity index (χ4n) is 0.910. The minimum Gasteiger partial charge on any atom is -0.397 e. The molecule has 0 heterocycles. The fraction of sp³-hybridized carbons (Fsp3) is 0.462. The molecule has 0 bridgehead atoms. The lowest BCUT2D eigenvalue weighted by Crippen LogP contribution is -2.60. The minimum absolute atomic E-state index is 0.659. The molecule has 0 saturated carbocycles. The van der Waals surface area contributed by atoms with E-state index in [4.69, 9.17) is 5.26 Å². The van der Waals surface area contributed by atoms with Crippen LogP contribution in [0.15, 0.2) is 36.3 Å². The highest BCUT2D eigenvalue weighted by Gasteiger charge is 2.79. The molecule has 236 valence electrons. The third kappa shape index (κ3) is 13.1. The van der Waals surface area contributed by atoms with Crippen molar-refractivity contribution in [1.82, 2.24) is 0 Å². The van der Waals surface area contributed by atoms with E-state index < -0.39 is 79.0 Å². The van der Waals surface area contributed by atoms with Gasteiger partial charge in [-0.15, -0.1) is 13.2 Å². The summed E-state index contributed by atoms with van der Waals surface area (Å²) in [5.41, 5.74) is 0. The normalized spacial score (nSPS) is 13.7. The topological polar surface area (TPSA) is 51.5 Å². The molecule has 0 aromatic carbocycles. The molecule has 0 fully saturated rings. The van der Waals surface area contributed by atoms with Crippen molar-refractivity contribution in [2.45, 2.75) is 36.5 Å². The summed E-state index contributed by atoms with van der Waals surface area (Å²) in [4.78, 5) is 0. The maximum atomic E-state index is 12.8. The van der Waals surface area contributed by atoms with E-state index in [0.29, 0.717) is 0 Å². The van der Waals surface area contributed by atoms with Crippen LogP contribution in [0.1, 0.15) is 0 Å². The SMILES string of the molecule is FC(F)=C(F)F.FC(F)=C(F)OC(F)(F)F.N#CC(F)(OC(F)(F)C(F)(F)C(F)(F)OC(F)=C(F)F)C(F)(F)F. The van der Waals surface area contributed by atoms with Crippen molar-refractivity contribution in [3.63, 3.8) is 0 Å². The van der Waals surface area contributed by atoms with Crippen molar-refractivity contribution in [1.29, 1.82) is 5.26 Å². The molecule has 0 aliphatic rings. The zero-order valence-corrected chi connectivity index (χ0v) is 16.9. The van der Waals surface area contributed by atoms with Crippen LogP contribution in [-0.4, -0.2) is 36.5 Å². The third-order valence-corrected chi connectivity index (χ3v) is 2.37. The molecule has 0 aromatic heterocycles. The Morgan fingerprint density at radius 1 is 0.475 bits per heavy atom. The second-order valence-electron chi connectivity index (χ2n) is 5.15. The van der Waals surface area contributed by atoms with Crippen molar-refractivity contribution < 1.29 is 115 Å². The summed E-state index contributed by atoms with van der Waals surface area (Å²) in [6.07, 6.45) is -39.0. The number of nitriles is 1. The molecule has 4 nitrogen and oxygen atoms in total. The van der Waals surface area contributed by atoms with Gasteiger partial charge in [0.15, 0.2) is 0 Å². The summed E-state index contributed by atoms with van der Waals surface area (Å²) in [5, 5.41) is 7.74. The maximum Gasteiger partial charge on any atom is 0.574 e. The van der Waals surface area contributed by atoms with E-state index in [0.717, 1.165) is 0 Å². The Hall–Kier alpha value is -3.34. The number of rotatable bonds is 7. The maximum absolute atomic E-state index is 12.8. The van der Waals surface area contributed by atoms with Crippen molar-refractivity contribution >= 4 is 0 Å². The lowest BCUT2D eigenvalue weighted by Gasteiger charge is -2.33. The summed E-state index contributed by atoms with van der Waals surface area (Å²) >= 11 is 0. The van der Waals surface area contributed by atoms with E-state index in [1.54, 1.807) is 0 Å². The average molecular weight is 655 g/mol. The number of hydrogen-bond donors (Lipinski definition) is 0. The van der Waals surface area contributed by atoms with E-state index in [9.17, 15) is 101 Å². The standard InChI is InChI=1S/C8F13NO2.C3F6O.C2F4/c9-2(10)3(11)23-7(18,19)5(13,14)8(20,21)24-4(12,1-22)6(15,16)17;4-1(5)2(6)10-3(7,8)9;3-1(4)2(5)6. The predicted molar refractivity (Wildman–Crippen MR) is 71.8 cm³/mol. The zero-order chi connectivity index (χ0) is 33.3. The molecule has 0 rings (SSSR count). The quantitative estimate of drug-likeness (QED) is 0.203. The highest BCUT2D eigenvalue weighted by molar-refractivity contribution is 5.02. The van der Waals surface area contributed by atoms with Crippen LogP contribution in [0, 0.1) is 11.3 Å². The molecule has 0 radical (unpaired) electrons. The second-order valence-corrected chi connectivity index (χ2v) is 5.15. The van der Waals surface area contributed by atoms with Gasteiger partial charge in [-0.05, 0) is 0 Å². The van der Waals surface area contributed by atoms with E-state index in [2.05, 4.69) is 4.74 Å². The first-order valence-corrected chi connectivity index (χ1v) is 7.54. The van der Waals surface area contributed by atoms with Gasteiger partial charge in [0, 0.05) is 0 Å². The summed E-state index contributed by atoms with van der Waals surface area (Å²) in [5.74, 6) is -13.5. The van der Waals surface area contributed by atoms with E-state index in [1.165, 1.54) is 0 Å². The average Bonchev–Trinajstić information content (AvgIpc) is 2.71. The summed E-state index contributed by atoms with van der Waals surface area (Å²) in [6, 6.07) is -7.36. The molecule has 0 aromatic rings. The van der Waals surface area contributed by atoms with Gasteiger partial charge in [-0.2, -0.15) is 93.1 Å². The van der Waals surface area contributed by atoms with Gasteiger partial charge in [0.1, 0.15) is 6.07 Å². The van der Waals surface area contributed by atoms with Gasteiger partial charge in [0.2, 0.25) is 0 Å². The van der Waals surface area contributed by atoms with Crippen molar-refractivity contribution in [3.8, 4) is 6.07 Å². The number of hydrogen-bond acceptors (Lipinski definition) is 4. The number of halogens is 23. The van der Waals surface area contributed by atoms with Crippen LogP contribution in [0.5, 0.6) is 0 Å². The van der Waals surface area contributed by atoms with Gasteiger partial charge in [0.25, 0.3) is 0 Å². The largest absolute Gasteiger partial charge is 0.574 e. The molecule has 40 heavy (non-hydrogen) atoms. The Bertz CT molecular complexity index is 946. The molecule has 0 saturated heterocycles. The van der Waals surface area contributed by atoms with Gasteiger partial charge < -0.3 is 9.47 Å². The molecular weight excluding hydrogens is 655 g/mol. The molecule has 0 N–H and O–H groups in total. The molecule has 1 atom stereocenters. The van der Waals surface area contributed by atoms with Crippen LogP contribution in [0.4, 0.5) is 101 Å². The monoisotopic (exact) mass is 655 g/mol. The van der Waals surface area contributed by atoms with Gasteiger partial charge in [-0.3, -0.25) is 4.74 Å². The zero-order valence-electron chi connectivity index (χ0n) is 16.9. The van der Waals surface area contributed by atoms with Gasteiger partial charge >= 0.3 is 72.9 Å². The highest BCUT2D eigenvalue weighted by atomic mass is 19.4. The number of nitrogens with zero attached hydrogens (tertiary/aromatic N) is 1. The first kappa shape index (κ1) is 41.1. The number of ether oxygens (including phenoxy) is 3. The van der Waals surface area contributed by atoms with Crippen LogP contribution < -0.4 is 0 Å². The lowest BCUT2D eigenvalue weighted by atomic mass is 10.2. The summed E-state index contributed by atoms with van der Waals surface area (Å²) in [6.45, 7) is 0. The van der Waals surface area contributed by atoms with E-state index in [-0.39, 0.29) is 0 Å². The molecule has 0 aliphatic heterocycles. The first-order valence-electron chi connectivity index (χ1n) is 7.54. The highest BCUT2D eigenvalue weighted by Crippen LogP contribution is 2.51. The van der Waals surface area contributed by atoms with Gasteiger partial charge in [-0.1, -0.05) is 0 Å². The Morgan fingerprint density at radius 3 is 1.00 bits per heavy atom. The molecule has 0 spiro atoms. The van der Waals surface area contributed by atoms with Crippen LogP contribution in [-0.2, 0) is 14.2 Å². The predicted octanol–water partition coefficient (Wildman–Crippen LogP) is 9.18. The molecule has 1 unspecified atom stereocenters. The fourth-order valence-corrected chi connectivity index (χ4v) is 0.910. The lowest BCUT2D eigenvalue weighted by molar-refractivity contribution is -0.484. The van der Waals surface area contributed by atoms with Crippen LogP contribution in [0.3, 0.4) is 0 Å². The molecule has 27 heteroatoms. The summed E-state index contributed by atoms with van der Waals surface area (Å²) in [7, 11) is 0. The van der Waals surface area contributed by atoms with E-state index in [1.807, 2.05) is 9.47 Å². The Balaban J connectivity index is -0.000000697. The first-order chi connectivity index (χ1) is 17.3. The number of alkyl halides is 13. The Morgan fingerprint density at radius 2 is 0.800 bits per heavy atom. The van der Waals surface area contributed by atoms with Gasteiger partial charge in [0.05, 0.1) is 0 Å². The summed E-state index contributed by atoms with van der Waals surface area (Å²) < 4.78 is 273. The van der Waals surface area contributed by atoms with Crippen molar-refractivity contribution in [2.75, 3.05) is 0 Å². The van der Waals surface area contributed by atoms with Gasteiger partial charge in [-0.25, -0.2) is 0 Å². The smallest absolute Gasteiger partial charge is 0.397 e. The molecule has 0 amide bonds. The molecule has 0 aliphatic carbocycles. The van der Waals surface area contributed by atoms with Crippen LogP contribution >= 0.6 is 0 Å². The van der Waals surface area contributed by atoms with Crippen LogP contribution in [0.2, 0.25) is 0 Å². The third-order valence-electron chi connectivity index (χ3n) is 2.37. The Kier molecular flexibility index (Phi) is 14.7. The van der Waals surface area contributed by atoms with Crippen molar-refractivity contribution in [3.05, 3.63) is 36.3 Å². The van der Waals surface area contributed by atoms with Crippen molar-refractivity contribution in [2.24, 2.45) is 0 Å². The minimum atomic E-state index is -7.33. The van der Waals surface area contributed by atoms with E-state index >= 15 is 0 Å².